The summed E-state index contributed by atoms with van der Waals surface area (Å²) >= 11 is 1.19. The minimum atomic E-state index is -0.356. The van der Waals surface area contributed by atoms with Gasteiger partial charge in [-0.05, 0) is 61.4 Å². The van der Waals surface area contributed by atoms with Crippen LogP contribution in [0.3, 0.4) is 0 Å². The highest BCUT2D eigenvalue weighted by Crippen LogP contribution is 2.28. The van der Waals surface area contributed by atoms with E-state index >= 15 is 0 Å². The van der Waals surface area contributed by atoms with Gasteiger partial charge in [-0.15, -0.1) is 10.2 Å². The van der Waals surface area contributed by atoms with Crippen molar-refractivity contribution in [3.63, 3.8) is 0 Å². The van der Waals surface area contributed by atoms with Crippen LogP contribution in [0.1, 0.15) is 23.2 Å². The number of rotatable bonds is 8. The average Bonchev–Trinajstić information content (AvgIpc) is 3.59. The molecule has 4 aromatic rings. The first-order valence-corrected chi connectivity index (χ1v) is 12.0. The first kappa shape index (κ1) is 22.7. The monoisotopic (exact) mass is 488 g/mol. The maximum atomic E-state index is 13.5. The third-order valence-electron chi connectivity index (χ3n) is 5.35. The van der Waals surface area contributed by atoms with Crippen LogP contribution in [0.4, 0.5) is 10.1 Å². The molecule has 2 N–H and O–H groups in total. The summed E-state index contributed by atoms with van der Waals surface area (Å²) in [6.45, 7) is 0. The van der Waals surface area contributed by atoms with E-state index in [1.807, 2.05) is 0 Å². The average molecular weight is 489 g/mol. The minimum absolute atomic E-state index is 0.0360. The van der Waals surface area contributed by atoms with Gasteiger partial charge < -0.3 is 10.6 Å². The third-order valence-corrected chi connectivity index (χ3v) is 6.28. The van der Waals surface area contributed by atoms with Crippen molar-refractivity contribution in [1.29, 1.82) is 0 Å². The molecule has 35 heavy (non-hydrogen) atoms. The number of hydrogen-bond acceptors (Lipinski definition) is 6. The molecular weight excluding hydrogens is 467 g/mol. The first-order chi connectivity index (χ1) is 17.1. The number of hydrogen-bond donors (Lipinski definition) is 2. The molecular formula is C25H21FN6O2S. The molecule has 176 valence electrons. The van der Waals surface area contributed by atoms with E-state index in [-0.39, 0.29) is 29.4 Å². The molecule has 1 aliphatic carbocycles. The fourth-order valence-corrected chi connectivity index (χ4v) is 4.22. The third kappa shape index (κ3) is 5.38. The lowest BCUT2D eigenvalue weighted by Gasteiger charge is -2.12. The van der Waals surface area contributed by atoms with Gasteiger partial charge in [-0.2, -0.15) is 0 Å². The highest BCUT2D eigenvalue weighted by atomic mass is 32.2. The molecule has 0 atom stereocenters. The molecule has 2 aromatic carbocycles. The van der Waals surface area contributed by atoms with E-state index < -0.39 is 0 Å². The molecule has 0 radical (unpaired) electrons. The molecule has 0 bridgehead atoms. The van der Waals surface area contributed by atoms with Crippen LogP contribution in [0.5, 0.6) is 0 Å². The molecule has 0 saturated heterocycles. The number of anilines is 1. The normalized spacial score (nSPS) is 12.8. The number of nitrogens with one attached hydrogen (secondary N) is 2. The predicted molar refractivity (Wildman–Crippen MR) is 131 cm³/mol. The van der Waals surface area contributed by atoms with Crippen molar-refractivity contribution < 1.29 is 14.0 Å². The lowest BCUT2D eigenvalue weighted by molar-refractivity contribution is -0.113. The smallest absolute Gasteiger partial charge is 0.253 e. The fourth-order valence-electron chi connectivity index (χ4n) is 3.47. The molecule has 2 aromatic heterocycles. The number of pyridine rings is 1. The number of thioether (sulfide) groups is 1. The van der Waals surface area contributed by atoms with Gasteiger partial charge in [0.15, 0.2) is 11.0 Å². The second-order valence-electron chi connectivity index (χ2n) is 7.98. The lowest BCUT2D eigenvalue weighted by Crippen LogP contribution is -2.27. The van der Waals surface area contributed by atoms with E-state index in [0.717, 1.165) is 18.4 Å². The molecule has 0 unspecified atom stereocenters. The summed E-state index contributed by atoms with van der Waals surface area (Å²) in [6, 6.07) is 16.7. The number of para-hydroxylation sites is 1. The molecule has 1 aliphatic rings. The van der Waals surface area contributed by atoms with Crippen LogP contribution >= 0.6 is 11.8 Å². The van der Waals surface area contributed by atoms with Gasteiger partial charge in [-0.25, -0.2) is 4.39 Å². The highest BCUT2D eigenvalue weighted by molar-refractivity contribution is 7.99. The Morgan fingerprint density at radius 2 is 1.74 bits per heavy atom. The van der Waals surface area contributed by atoms with Crippen LogP contribution < -0.4 is 10.6 Å². The van der Waals surface area contributed by atoms with Gasteiger partial charge >= 0.3 is 0 Å². The number of carbonyl (C=O) groups is 2. The maximum Gasteiger partial charge on any atom is 0.253 e. The Labute approximate surface area is 205 Å². The van der Waals surface area contributed by atoms with E-state index in [0.29, 0.717) is 27.9 Å². The number of carbonyl (C=O) groups excluding carboxylic acids is 2. The van der Waals surface area contributed by atoms with Gasteiger partial charge in [0.1, 0.15) is 5.82 Å². The maximum absolute atomic E-state index is 13.5. The molecule has 0 aliphatic heterocycles. The second-order valence-corrected chi connectivity index (χ2v) is 8.93. The van der Waals surface area contributed by atoms with Gasteiger partial charge in [0.05, 0.1) is 17.0 Å². The Kier molecular flexibility index (Phi) is 6.53. The van der Waals surface area contributed by atoms with E-state index in [4.69, 9.17) is 0 Å². The number of nitrogens with zero attached hydrogens (tertiary/aromatic N) is 4. The van der Waals surface area contributed by atoms with Crippen LogP contribution in [0.15, 0.2) is 78.2 Å². The van der Waals surface area contributed by atoms with Crippen LogP contribution in [0.25, 0.3) is 17.1 Å². The zero-order chi connectivity index (χ0) is 24.2. The van der Waals surface area contributed by atoms with Crippen LogP contribution in [-0.2, 0) is 4.79 Å². The predicted octanol–water partition coefficient (Wildman–Crippen LogP) is 4.09. The standard InChI is InChI=1S/C25H21FN6O2S/c26-17-5-9-19(10-6-17)32-23(16-11-13-27-14-12-16)30-31-25(32)35-15-22(33)29-21-4-2-1-3-20(21)24(34)28-18-7-8-18/h1-6,9-14,18H,7-8,15H2,(H,28,34)(H,29,33). The number of halogens is 1. The van der Waals surface area contributed by atoms with Crippen molar-refractivity contribution in [2.75, 3.05) is 11.1 Å². The van der Waals surface area contributed by atoms with Crippen molar-refractivity contribution in [3.05, 3.63) is 84.4 Å². The molecule has 1 saturated carbocycles. The van der Waals surface area contributed by atoms with Gasteiger partial charge in [-0.1, -0.05) is 23.9 Å². The first-order valence-electron chi connectivity index (χ1n) is 11.0. The largest absolute Gasteiger partial charge is 0.349 e. The summed E-state index contributed by atoms with van der Waals surface area (Å²) in [6.07, 6.45) is 5.26. The molecule has 2 amide bonds. The van der Waals surface area contributed by atoms with Crippen molar-refractivity contribution in [1.82, 2.24) is 25.1 Å². The van der Waals surface area contributed by atoms with Gasteiger partial charge in [0.25, 0.3) is 5.91 Å². The van der Waals surface area contributed by atoms with E-state index in [2.05, 4.69) is 25.8 Å². The number of aromatic nitrogens is 4. The minimum Gasteiger partial charge on any atom is -0.349 e. The SMILES string of the molecule is O=C(CSc1nnc(-c2ccncc2)n1-c1ccc(F)cc1)Nc1ccccc1C(=O)NC1CC1. The molecule has 2 heterocycles. The Balaban J connectivity index is 1.35. The molecule has 1 fully saturated rings. The van der Waals surface area contributed by atoms with Crippen LogP contribution in [0, 0.1) is 5.82 Å². The summed E-state index contributed by atoms with van der Waals surface area (Å²) < 4.78 is 15.3. The van der Waals surface area contributed by atoms with Crippen molar-refractivity contribution in [2.45, 2.75) is 24.0 Å². The fraction of sp³-hybridized carbons (Fsp3) is 0.160. The lowest BCUT2D eigenvalue weighted by atomic mass is 10.1. The van der Waals surface area contributed by atoms with Crippen molar-refractivity contribution in [3.8, 4) is 17.1 Å². The van der Waals surface area contributed by atoms with E-state index in [9.17, 15) is 14.0 Å². The Morgan fingerprint density at radius 1 is 1.00 bits per heavy atom. The molecule has 0 spiro atoms. The summed E-state index contributed by atoms with van der Waals surface area (Å²) in [5.74, 6) is -0.266. The summed E-state index contributed by atoms with van der Waals surface area (Å²) in [7, 11) is 0. The molecule has 8 nitrogen and oxygen atoms in total. The topological polar surface area (TPSA) is 102 Å². The Morgan fingerprint density at radius 3 is 2.49 bits per heavy atom. The van der Waals surface area contributed by atoms with Crippen molar-refractivity contribution >= 4 is 29.3 Å². The van der Waals surface area contributed by atoms with Crippen LogP contribution in [-0.4, -0.2) is 43.4 Å². The Bertz CT molecular complexity index is 1360. The van der Waals surface area contributed by atoms with Crippen molar-refractivity contribution in [2.24, 2.45) is 0 Å². The van der Waals surface area contributed by atoms with E-state index in [1.54, 1.807) is 65.5 Å². The quantitative estimate of drug-likeness (QED) is 0.362. The highest BCUT2D eigenvalue weighted by Gasteiger charge is 2.25. The second kappa shape index (κ2) is 10.1. The summed E-state index contributed by atoms with van der Waals surface area (Å²) in [4.78, 5) is 29.3. The van der Waals surface area contributed by atoms with Gasteiger partial charge in [0.2, 0.25) is 5.91 Å². The van der Waals surface area contributed by atoms with E-state index in [1.165, 1.54) is 23.9 Å². The van der Waals surface area contributed by atoms with Crippen LogP contribution in [0.2, 0.25) is 0 Å². The van der Waals surface area contributed by atoms with Gasteiger partial charge in [-0.3, -0.25) is 19.1 Å². The molecule has 5 rings (SSSR count). The zero-order valence-electron chi connectivity index (χ0n) is 18.5. The summed E-state index contributed by atoms with van der Waals surface area (Å²) in [5.41, 5.74) is 2.32. The Hall–Kier alpha value is -4.05. The summed E-state index contributed by atoms with van der Waals surface area (Å²) in [5, 5.41) is 14.8. The van der Waals surface area contributed by atoms with Gasteiger partial charge in [0, 0.05) is 29.7 Å². The molecule has 10 heteroatoms. The number of benzene rings is 2. The zero-order valence-corrected chi connectivity index (χ0v) is 19.3. The number of amides is 2.